The number of para-hydroxylation sites is 1. The summed E-state index contributed by atoms with van der Waals surface area (Å²) in [7, 11) is 0. The first kappa shape index (κ1) is 15.4. The number of nitrogens with one attached hydrogen (secondary N) is 1. The molecule has 2 amide bonds. The lowest BCUT2D eigenvalue weighted by molar-refractivity contribution is -0.119. The molecular weight excluding hydrogens is 288 g/mol. The summed E-state index contributed by atoms with van der Waals surface area (Å²) in [4.78, 5) is 22.4. The van der Waals surface area contributed by atoms with Crippen LogP contribution in [0.25, 0.3) is 11.0 Å². The first-order valence-corrected chi connectivity index (χ1v) is 7.78. The van der Waals surface area contributed by atoms with E-state index in [-0.39, 0.29) is 23.5 Å². The van der Waals surface area contributed by atoms with E-state index in [2.05, 4.69) is 5.32 Å². The van der Waals surface area contributed by atoms with Crippen molar-refractivity contribution >= 4 is 34.5 Å². The molecule has 1 heterocycles. The van der Waals surface area contributed by atoms with E-state index in [4.69, 9.17) is 10.2 Å². The fourth-order valence-corrected chi connectivity index (χ4v) is 2.77. The predicted octanol–water partition coefficient (Wildman–Crippen LogP) is 2.14. The molecule has 0 unspecified atom stereocenters. The predicted molar refractivity (Wildman–Crippen MR) is 84.0 cm³/mol. The van der Waals surface area contributed by atoms with Gasteiger partial charge in [0.1, 0.15) is 11.3 Å². The molecular formula is C15H18N2O3S. The highest BCUT2D eigenvalue weighted by atomic mass is 32.2. The number of fused-ring (bicyclic) bond motifs is 1. The minimum Gasteiger partial charge on any atom is -0.459 e. The first-order valence-electron chi connectivity index (χ1n) is 6.62. The van der Waals surface area contributed by atoms with Gasteiger partial charge in [0.25, 0.3) is 0 Å². The van der Waals surface area contributed by atoms with Gasteiger partial charge in [0.05, 0.1) is 17.5 Å². The lowest BCUT2D eigenvalue weighted by atomic mass is 10.1. The zero-order chi connectivity index (χ0) is 15.4. The minimum absolute atomic E-state index is 0.144. The van der Waals surface area contributed by atoms with Gasteiger partial charge in [-0.15, -0.1) is 11.8 Å². The van der Waals surface area contributed by atoms with Crippen LogP contribution in [0.3, 0.4) is 0 Å². The van der Waals surface area contributed by atoms with Crippen LogP contribution >= 0.6 is 11.8 Å². The monoisotopic (exact) mass is 306 g/mol. The summed E-state index contributed by atoms with van der Waals surface area (Å²) in [6.07, 6.45) is 0. The molecule has 21 heavy (non-hydrogen) atoms. The second-order valence-electron chi connectivity index (χ2n) is 4.84. The van der Waals surface area contributed by atoms with Crippen LogP contribution in [0.1, 0.15) is 24.3 Å². The Hall–Kier alpha value is -1.95. The Balaban J connectivity index is 2.01. The number of carbonyl (C=O) groups excluding carboxylic acids is 2. The summed E-state index contributed by atoms with van der Waals surface area (Å²) in [5.74, 6) is 0.532. The highest BCUT2D eigenvalue weighted by molar-refractivity contribution is 8.00. The third-order valence-electron chi connectivity index (χ3n) is 3.13. The van der Waals surface area contributed by atoms with E-state index >= 15 is 0 Å². The second kappa shape index (κ2) is 6.67. The molecule has 0 bridgehead atoms. The molecule has 1 aromatic heterocycles. The maximum atomic E-state index is 11.8. The number of primary amides is 1. The number of aryl methyl sites for hydroxylation is 1. The minimum atomic E-state index is -0.422. The van der Waals surface area contributed by atoms with Crippen LogP contribution in [0.2, 0.25) is 0 Å². The molecule has 112 valence electrons. The molecule has 3 N–H and O–H groups in total. The number of hydrogen-bond acceptors (Lipinski definition) is 4. The fraction of sp³-hybridized carbons (Fsp3) is 0.333. The van der Waals surface area contributed by atoms with Gasteiger partial charge in [-0.3, -0.25) is 9.59 Å². The van der Waals surface area contributed by atoms with Gasteiger partial charge >= 0.3 is 0 Å². The van der Waals surface area contributed by atoms with E-state index < -0.39 is 5.91 Å². The van der Waals surface area contributed by atoms with Crippen LogP contribution in [-0.4, -0.2) is 23.3 Å². The van der Waals surface area contributed by atoms with Gasteiger partial charge in [0.2, 0.25) is 11.8 Å². The zero-order valence-electron chi connectivity index (χ0n) is 12.0. The molecule has 0 aliphatic rings. The molecule has 1 aromatic carbocycles. The van der Waals surface area contributed by atoms with Crippen molar-refractivity contribution in [3.8, 4) is 0 Å². The molecule has 2 rings (SSSR count). The van der Waals surface area contributed by atoms with Crippen molar-refractivity contribution in [3.63, 3.8) is 0 Å². The number of benzene rings is 1. The largest absolute Gasteiger partial charge is 0.459 e. The Labute approximate surface area is 127 Å². The zero-order valence-corrected chi connectivity index (χ0v) is 12.8. The molecule has 0 saturated carbocycles. The molecule has 2 aromatic rings. The summed E-state index contributed by atoms with van der Waals surface area (Å²) in [6, 6.07) is 7.55. The van der Waals surface area contributed by atoms with Crippen LogP contribution in [-0.2, 0) is 9.59 Å². The van der Waals surface area contributed by atoms with Crippen molar-refractivity contribution in [3.05, 3.63) is 35.6 Å². The molecule has 0 aliphatic carbocycles. The Morgan fingerprint density at radius 3 is 2.71 bits per heavy atom. The molecule has 5 nitrogen and oxygen atoms in total. The third-order valence-corrected chi connectivity index (χ3v) is 4.08. The maximum Gasteiger partial charge on any atom is 0.230 e. The summed E-state index contributed by atoms with van der Waals surface area (Å²) in [5.41, 5.74) is 6.87. The van der Waals surface area contributed by atoms with E-state index in [1.807, 2.05) is 38.1 Å². The van der Waals surface area contributed by atoms with E-state index in [1.54, 1.807) is 0 Å². The topological polar surface area (TPSA) is 85.3 Å². The fourth-order valence-electron chi connectivity index (χ4n) is 2.20. The van der Waals surface area contributed by atoms with Crippen LogP contribution in [0.15, 0.2) is 28.7 Å². The van der Waals surface area contributed by atoms with Gasteiger partial charge in [-0.2, -0.15) is 0 Å². The van der Waals surface area contributed by atoms with E-state index in [1.165, 1.54) is 11.8 Å². The standard InChI is InChI=1S/C15H18N2O3S/c1-9-11-5-3-4-6-12(11)20-15(9)10(2)17-14(19)8-21-7-13(16)18/h3-6,10H,7-8H2,1-2H3,(H2,16,18)(H,17,19)/t10-/m0/s1. The van der Waals surface area contributed by atoms with Crippen molar-refractivity contribution in [2.75, 3.05) is 11.5 Å². The van der Waals surface area contributed by atoms with E-state index in [0.717, 1.165) is 22.3 Å². The number of hydrogen-bond donors (Lipinski definition) is 2. The Morgan fingerprint density at radius 2 is 2.05 bits per heavy atom. The van der Waals surface area contributed by atoms with Crippen molar-refractivity contribution in [1.82, 2.24) is 5.32 Å². The molecule has 0 saturated heterocycles. The quantitative estimate of drug-likeness (QED) is 0.856. The van der Waals surface area contributed by atoms with Crippen molar-refractivity contribution in [1.29, 1.82) is 0 Å². The molecule has 0 radical (unpaired) electrons. The second-order valence-corrected chi connectivity index (χ2v) is 5.82. The van der Waals surface area contributed by atoms with Crippen molar-refractivity contribution < 1.29 is 14.0 Å². The Morgan fingerprint density at radius 1 is 1.33 bits per heavy atom. The highest BCUT2D eigenvalue weighted by Crippen LogP contribution is 2.29. The van der Waals surface area contributed by atoms with Crippen LogP contribution in [0.5, 0.6) is 0 Å². The molecule has 0 aliphatic heterocycles. The molecule has 0 fully saturated rings. The van der Waals surface area contributed by atoms with Gasteiger partial charge in [-0.1, -0.05) is 18.2 Å². The van der Waals surface area contributed by atoms with Gasteiger partial charge in [0.15, 0.2) is 0 Å². The van der Waals surface area contributed by atoms with E-state index in [9.17, 15) is 9.59 Å². The smallest absolute Gasteiger partial charge is 0.230 e. The lowest BCUT2D eigenvalue weighted by Gasteiger charge is -2.12. The summed E-state index contributed by atoms with van der Waals surface area (Å²) < 4.78 is 5.81. The average Bonchev–Trinajstić information content (AvgIpc) is 2.76. The molecule has 0 spiro atoms. The summed E-state index contributed by atoms with van der Waals surface area (Å²) >= 11 is 1.20. The number of nitrogens with two attached hydrogens (primary N) is 1. The van der Waals surface area contributed by atoms with Gasteiger partial charge < -0.3 is 15.5 Å². The maximum absolute atomic E-state index is 11.8. The molecule has 1 atom stereocenters. The third kappa shape index (κ3) is 3.78. The first-order chi connectivity index (χ1) is 9.99. The Kier molecular flexibility index (Phi) is 4.90. The summed E-state index contributed by atoms with van der Waals surface area (Å²) in [5, 5.41) is 3.92. The molecule has 6 heteroatoms. The van der Waals surface area contributed by atoms with Crippen molar-refractivity contribution in [2.45, 2.75) is 19.9 Å². The summed E-state index contributed by atoms with van der Waals surface area (Å²) in [6.45, 7) is 3.85. The van der Waals surface area contributed by atoms with Gasteiger partial charge in [0, 0.05) is 10.9 Å². The van der Waals surface area contributed by atoms with Gasteiger partial charge in [-0.05, 0) is 19.9 Å². The van der Waals surface area contributed by atoms with Crippen LogP contribution < -0.4 is 11.1 Å². The number of rotatable bonds is 6. The van der Waals surface area contributed by atoms with Gasteiger partial charge in [-0.25, -0.2) is 0 Å². The van der Waals surface area contributed by atoms with Crippen LogP contribution in [0, 0.1) is 6.92 Å². The normalized spacial score (nSPS) is 12.3. The Bertz CT molecular complexity index is 666. The lowest BCUT2D eigenvalue weighted by Crippen LogP contribution is -2.29. The number of furan rings is 1. The average molecular weight is 306 g/mol. The number of amides is 2. The SMILES string of the molecule is Cc1c([C@H](C)NC(=O)CSCC(N)=O)oc2ccccc12. The number of thioether (sulfide) groups is 1. The highest BCUT2D eigenvalue weighted by Gasteiger charge is 2.18. The van der Waals surface area contributed by atoms with Crippen LogP contribution in [0.4, 0.5) is 0 Å². The number of carbonyl (C=O) groups is 2. The van der Waals surface area contributed by atoms with Crippen molar-refractivity contribution in [2.24, 2.45) is 5.73 Å². The van der Waals surface area contributed by atoms with E-state index in [0.29, 0.717) is 0 Å².